The molecule has 0 saturated carbocycles. The average Bonchev–Trinajstić information content (AvgIpc) is 3.48. The highest BCUT2D eigenvalue weighted by molar-refractivity contribution is 5.68. The first-order chi connectivity index (χ1) is 20.5. The van der Waals surface area contributed by atoms with Crippen LogP contribution in [0.5, 0.6) is 5.75 Å². The number of benzene rings is 2. The first-order valence-electron chi connectivity index (χ1n) is 14.1. The zero-order valence-electron chi connectivity index (χ0n) is 25.6. The third-order valence-corrected chi connectivity index (χ3v) is 6.04. The van der Waals surface area contributed by atoms with Gasteiger partial charge < -0.3 is 24.6 Å². The van der Waals surface area contributed by atoms with Gasteiger partial charge in [-0.25, -0.2) is 0 Å². The van der Waals surface area contributed by atoms with Crippen molar-refractivity contribution in [2.45, 2.75) is 46.2 Å². The molecule has 0 atom stereocenters. The van der Waals surface area contributed by atoms with Crippen LogP contribution in [0.3, 0.4) is 0 Å². The number of hydrogen-bond donors (Lipinski definition) is 2. The van der Waals surface area contributed by atoms with Gasteiger partial charge in [-0.1, -0.05) is 51.6 Å². The quantitative estimate of drug-likeness (QED) is 0.238. The van der Waals surface area contributed by atoms with Crippen LogP contribution in [0.15, 0.2) is 53.1 Å². The van der Waals surface area contributed by atoms with Crippen LogP contribution in [0.25, 0.3) is 0 Å². The summed E-state index contributed by atoms with van der Waals surface area (Å²) >= 11 is 0. The molecular weight excluding hydrogens is 561 g/mol. The molecule has 0 radical (unpaired) electrons. The van der Waals surface area contributed by atoms with Crippen molar-refractivity contribution in [3.05, 3.63) is 71.0 Å². The van der Waals surface area contributed by atoms with Gasteiger partial charge in [0.05, 0.1) is 18.8 Å². The predicted molar refractivity (Wildman–Crippen MR) is 162 cm³/mol. The molecule has 11 heteroatoms. The smallest absolute Gasteiger partial charge is 0.419 e. The summed E-state index contributed by atoms with van der Waals surface area (Å²) in [6.45, 7) is 13.5. The van der Waals surface area contributed by atoms with Crippen LogP contribution in [-0.2, 0) is 21.1 Å². The molecule has 2 heterocycles. The molecular formula is C32H41F3N4O4. The molecule has 1 aliphatic heterocycles. The highest BCUT2D eigenvalue weighted by Crippen LogP contribution is 2.36. The summed E-state index contributed by atoms with van der Waals surface area (Å²) in [5, 5.41) is 9.09. The predicted octanol–water partition coefficient (Wildman–Crippen LogP) is 6.42. The normalized spacial score (nSPS) is 13.2. The molecule has 8 nitrogen and oxygen atoms in total. The van der Waals surface area contributed by atoms with Crippen LogP contribution >= 0.6 is 0 Å². The van der Waals surface area contributed by atoms with Gasteiger partial charge in [0.1, 0.15) is 18.1 Å². The second kappa shape index (κ2) is 17.2. The van der Waals surface area contributed by atoms with E-state index in [1.807, 2.05) is 65.9 Å². The molecule has 0 aliphatic carbocycles. The number of nitrogens with one attached hydrogen (secondary N) is 2. The number of alkyl halides is 3. The molecule has 1 aliphatic rings. The number of carbonyl (C=O) groups excluding carboxylic acids is 1. The minimum atomic E-state index is -4.48. The summed E-state index contributed by atoms with van der Waals surface area (Å²) in [5.74, 6) is 6.90. The standard InChI is InChI=1S/C22H23F3N2O2.C8H12N2O2.C2H6/c1-26-19-7-4-17(5-8-19)2-3-18-6-9-20(22(23,24)25)21(16-18)29-15-12-27-10-13-28-14-11-27;1-8(2,3)6-4-7(9-5-11)10-12-6;1-2/h4-9,16,26H,10-15H2,1H3;4-5H,1-3H3,(H,9,10,11);1-2H3. The maximum absolute atomic E-state index is 13.3. The molecule has 1 saturated heterocycles. The van der Waals surface area contributed by atoms with Crippen LogP contribution in [0.2, 0.25) is 0 Å². The SMILES string of the molecule is CC.CC(C)(C)c1cc(NC=O)no1.CNc1ccc(C#Cc2ccc(C(F)(F)F)c(OCCN3CCOCC3)c2)cc1. The van der Waals surface area contributed by atoms with Crippen molar-refractivity contribution in [1.82, 2.24) is 10.1 Å². The lowest BCUT2D eigenvalue weighted by Gasteiger charge is -2.26. The molecule has 2 N–H and O–H groups in total. The topological polar surface area (TPSA) is 88.9 Å². The second-order valence-electron chi connectivity index (χ2n) is 10.2. The fourth-order valence-electron chi connectivity index (χ4n) is 3.68. The number of amides is 1. The van der Waals surface area contributed by atoms with Gasteiger partial charge in [-0.3, -0.25) is 9.69 Å². The fraction of sp³-hybridized carbons (Fsp3) is 0.438. The summed E-state index contributed by atoms with van der Waals surface area (Å²) < 4.78 is 55.8. The number of aromatic nitrogens is 1. The van der Waals surface area contributed by atoms with E-state index in [4.69, 9.17) is 14.0 Å². The van der Waals surface area contributed by atoms with Gasteiger partial charge in [0.2, 0.25) is 6.41 Å². The second-order valence-corrected chi connectivity index (χ2v) is 10.2. The van der Waals surface area contributed by atoms with E-state index in [2.05, 4.69) is 32.5 Å². The maximum Gasteiger partial charge on any atom is 0.419 e. The summed E-state index contributed by atoms with van der Waals surface area (Å²) in [4.78, 5) is 12.1. The van der Waals surface area contributed by atoms with Gasteiger partial charge in [-0.05, 0) is 42.5 Å². The molecule has 1 aromatic heterocycles. The van der Waals surface area contributed by atoms with Crippen molar-refractivity contribution in [3.8, 4) is 17.6 Å². The van der Waals surface area contributed by atoms with Crippen molar-refractivity contribution in [2.75, 3.05) is 57.1 Å². The summed E-state index contributed by atoms with van der Waals surface area (Å²) in [5.41, 5.74) is 1.34. The van der Waals surface area contributed by atoms with Crippen LogP contribution in [-0.4, -0.2) is 63.0 Å². The molecule has 43 heavy (non-hydrogen) atoms. The van der Waals surface area contributed by atoms with Gasteiger partial charge in [0, 0.05) is 55.0 Å². The Morgan fingerprint density at radius 1 is 1.00 bits per heavy atom. The minimum Gasteiger partial charge on any atom is -0.492 e. The third-order valence-electron chi connectivity index (χ3n) is 6.04. The van der Waals surface area contributed by atoms with E-state index < -0.39 is 11.7 Å². The first kappa shape index (κ1) is 35.2. The maximum atomic E-state index is 13.3. The molecule has 4 rings (SSSR count). The Morgan fingerprint density at radius 3 is 2.19 bits per heavy atom. The summed E-state index contributed by atoms with van der Waals surface area (Å²) in [6.07, 6.45) is -3.91. The Balaban J connectivity index is 0.000000385. The number of halogens is 3. The molecule has 1 fully saturated rings. The Labute approximate surface area is 251 Å². The third kappa shape index (κ3) is 12.0. The van der Waals surface area contributed by atoms with E-state index in [1.165, 1.54) is 12.1 Å². The van der Waals surface area contributed by atoms with Crippen molar-refractivity contribution in [3.63, 3.8) is 0 Å². The largest absolute Gasteiger partial charge is 0.492 e. The van der Waals surface area contributed by atoms with Gasteiger partial charge in [-0.2, -0.15) is 13.2 Å². The molecule has 2 aromatic carbocycles. The number of anilines is 2. The number of carbonyl (C=O) groups is 1. The molecule has 0 bridgehead atoms. The van der Waals surface area contributed by atoms with Gasteiger partial charge >= 0.3 is 6.18 Å². The molecule has 3 aromatic rings. The Hall–Kier alpha value is -4.01. The minimum absolute atomic E-state index is 0.0736. The Bertz CT molecular complexity index is 1320. The fourth-order valence-corrected chi connectivity index (χ4v) is 3.68. The number of hydrogen-bond acceptors (Lipinski definition) is 7. The number of rotatable bonds is 7. The van der Waals surface area contributed by atoms with Gasteiger partial charge in [0.15, 0.2) is 5.82 Å². The lowest BCUT2D eigenvalue weighted by molar-refractivity contribution is -0.139. The van der Waals surface area contributed by atoms with Crippen molar-refractivity contribution < 1.29 is 32.0 Å². The monoisotopic (exact) mass is 602 g/mol. The van der Waals surface area contributed by atoms with Crippen molar-refractivity contribution in [2.24, 2.45) is 0 Å². The van der Waals surface area contributed by atoms with Crippen LogP contribution in [0.4, 0.5) is 24.7 Å². The van der Waals surface area contributed by atoms with E-state index >= 15 is 0 Å². The number of ether oxygens (including phenoxy) is 2. The van der Waals surface area contributed by atoms with E-state index in [-0.39, 0.29) is 17.8 Å². The summed E-state index contributed by atoms with van der Waals surface area (Å²) in [7, 11) is 1.82. The van der Waals surface area contributed by atoms with Gasteiger partial charge in [-0.15, -0.1) is 0 Å². The van der Waals surface area contributed by atoms with E-state index in [0.717, 1.165) is 36.2 Å². The zero-order valence-corrected chi connectivity index (χ0v) is 25.6. The first-order valence-corrected chi connectivity index (χ1v) is 14.1. The number of nitrogens with zero attached hydrogens (tertiary/aromatic N) is 2. The van der Waals surface area contributed by atoms with Crippen LogP contribution in [0.1, 0.15) is 57.1 Å². The zero-order chi connectivity index (χ0) is 31.9. The molecule has 0 unspecified atom stereocenters. The molecule has 234 valence electrons. The lowest BCUT2D eigenvalue weighted by Crippen LogP contribution is -2.38. The summed E-state index contributed by atoms with van der Waals surface area (Å²) in [6, 6.07) is 12.9. The van der Waals surface area contributed by atoms with E-state index in [0.29, 0.717) is 37.5 Å². The van der Waals surface area contributed by atoms with Gasteiger partial charge in [0.25, 0.3) is 0 Å². The Morgan fingerprint density at radius 2 is 1.63 bits per heavy atom. The highest BCUT2D eigenvalue weighted by Gasteiger charge is 2.34. The molecule has 0 spiro atoms. The van der Waals surface area contributed by atoms with E-state index in [1.54, 1.807) is 6.07 Å². The Kier molecular flexibility index (Phi) is 14.1. The lowest BCUT2D eigenvalue weighted by atomic mass is 9.93. The van der Waals surface area contributed by atoms with Crippen molar-refractivity contribution in [1.29, 1.82) is 0 Å². The van der Waals surface area contributed by atoms with Crippen LogP contribution in [0, 0.1) is 11.8 Å². The average molecular weight is 603 g/mol. The van der Waals surface area contributed by atoms with Crippen LogP contribution < -0.4 is 15.4 Å². The van der Waals surface area contributed by atoms with Crippen molar-refractivity contribution >= 4 is 17.9 Å². The molecule has 1 amide bonds. The van der Waals surface area contributed by atoms with E-state index in [9.17, 15) is 18.0 Å². The highest BCUT2D eigenvalue weighted by atomic mass is 19.4. The number of morpholine rings is 1.